The molecule has 264 valence electrons. The van der Waals surface area contributed by atoms with Crippen molar-refractivity contribution in [1.82, 2.24) is 14.5 Å². The van der Waals surface area contributed by atoms with Gasteiger partial charge in [-0.15, -0.1) is 22.7 Å². The van der Waals surface area contributed by atoms with Crippen LogP contribution in [0.3, 0.4) is 0 Å². The second-order valence-electron chi connectivity index (χ2n) is 14.8. The highest BCUT2D eigenvalue weighted by Gasteiger charge is 2.26. The highest BCUT2D eigenvalue weighted by Crippen LogP contribution is 2.50. The lowest BCUT2D eigenvalue weighted by Crippen LogP contribution is -2.04. The van der Waals surface area contributed by atoms with E-state index in [0.717, 1.165) is 33.2 Å². The van der Waals surface area contributed by atoms with E-state index in [-0.39, 0.29) is 0 Å². The summed E-state index contributed by atoms with van der Waals surface area (Å²) in [4.78, 5) is 11.2. The van der Waals surface area contributed by atoms with E-state index < -0.39 is 0 Å². The molecule has 0 N–H and O–H groups in total. The fourth-order valence-corrected chi connectivity index (χ4v) is 11.9. The summed E-state index contributed by atoms with van der Waals surface area (Å²) < 4.78 is 7.50. The molecule has 13 rings (SSSR count). The third kappa shape index (κ3) is 4.35. The largest absolute Gasteiger partial charge is 0.277 e. The Morgan fingerprint density at radius 1 is 0.386 bits per heavy atom. The quantitative estimate of drug-likeness (QED) is 0.168. The van der Waals surface area contributed by atoms with Crippen molar-refractivity contribution >= 4 is 117 Å². The van der Waals surface area contributed by atoms with Crippen LogP contribution in [0.2, 0.25) is 0 Å². The normalized spacial score (nSPS) is 12.2. The molecule has 3 nitrogen and oxygen atoms in total. The maximum atomic E-state index is 5.69. The molecule has 0 aliphatic rings. The van der Waals surface area contributed by atoms with Gasteiger partial charge in [0.25, 0.3) is 0 Å². The Morgan fingerprint density at radius 2 is 1.00 bits per heavy atom. The second-order valence-corrected chi connectivity index (χ2v) is 16.9. The average molecular weight is 760 g/mol. The zero-order chi connectivity index (χ0) is 37.2. The smallest absolute Gasteiger partial charge is 0.235 e. The molecule has 4 aromatic heterocycles. The molecule has 0 aliphatic heterocycles. The van der Waals surface area contributed by atoms with Crippen LogP contribution in [0.4, 0.5) is 0 Å². The highest BCUT2D eigenvalue weighted by molar-refractivity contribution is 7.27. The van der Waals surface area contributed by atoms with Crippen LogP contribution in [-0.4, -0.2) is 14.5 Å². The van der Waals surface area contributed by atoms with Gasteiger partial charge in [-0.1, -0.05) is 146 Å². The van der Waals surface area contributed by atoms with Crippen molar-refractivity contribution in [2.75, 3.05) is 0 Å². The molecule has 0 amide bonds. The third-order valence-corrected chi connectivity index (χ3v) is 14.2. The van der Waals surface area contributed by atoms with E-state index in [4.69, 9.17) is 9.97 Å². The highest BCUT2D eigenvalue weighted by atomic mass is 32.1. The van der Waals surface area contributed by atoms with Crippen molar-refractivity contribution in [2.45, 2.75) is 0 Å². The van der Waals surface area contributed by atoms with E-state index in [1.54, 1.807) is 0 Å². The van der Waals surface area contributed by atoms with Gasteiger partial charge in [-0.25, -0.2) is 9.97 Å². The van der Waals surface area contributed by atoms with Crippen molar-refractivity contribution in [3.05, 3.63) is 176 Å². The molecular formula is C52H29N3S2. The molecule has 9 aromatic carbocycles. The minimum atomic E-state index is 0.666. The van der Waals surface area contributed by atoms with E-state index in [1.165, 1.54) is 83.8 Å². The summed E-state index contributed by atoms with van der Waals surface area (Å²) in [5.41, 5.74) is 7.58. The van der Waals surface area contributed by atoms with Gasteiger partial charge in [0.1, 0.15) is 0 Å². The Hall–Kier alpha value is -6.92. The first-order chi connectivity index (χ1) is 28.3. The molecule has 0 atom stereocenters. The summed E-state index contributed by atoms with van der Waals surface area (Å²) >= 11 is 3.73. The molecule has 0 radical (unpaired) electrons. The number of para-hydroxylation sites is 2. The van der Waals surface area contributed by atoms with Crippen molar-refractivity contribution in [1.29, 1.82) is 0 Å². The fraction of sp³-hybridized carbons (Fsp3) is 0. The van der Waals surface area contributed by atoms with Gasteiger partial charge in [0.2, 0.25) is 5.95 Å². The predicted molar refractivity (Wildman–Crippen MR) is 246 cm³/mol. The maximum absolute atomic E-state index is 5.69. The van der Waals surface area contributed by atoms with E-state index in [0.29, 0.717) is 5.95 Å². The van der Waals surface area contributed by atoms with Crippen molar-refractivity contribution < 1.29 is 0 Å². The Labute approximate surface area is 334 Å². The molecule has 0 unspecified atom stereocenters. The van der Waals surface area contributed by atoms with Gasteiger partial charge >= 0.3 is 0 Å². The van der Waals surface area contributed by atoms with E-state index in [1.807, 2.05) is 22.7 Å². The molecule has 0 spiro atoms. The van der Waals surface area contributed by atoms with Gasteiger partial charge in [0.15, 0.2) is 0 Å². The number of hydrogen-bond donors (Lipinski definition) is 0. The molecule has 0 fully saturated rings. The van der Waals surface area contributed by atoms with Gasteiger partial charge in [0.05, 0.1) is 22.2 Å². The lowest BCUT2D eigenvalue weighted by Gasteiger charge is -2.16. The van der Waals surface area contributed by atoms with Crippen LogP contribution in [0.25, 0.3) is 123 Å². The Kier molecular flexibility index (Phi) is 6.48. The summed E-state index contributed by atoms with van der Waals surface area (Å²) in [5, 5.41) is 13.5. The first-order valence-electron chi connectivity index (χ1n) is 19.3. The predicted octanol–water partition coefficient (Wildman–Crippen LogP) is 15.1. The topological polar surface area (TPSA) is 30.7 Å². The first-order valence-corrected chi connectivity index (χ1v) is 20.9. The number of aromatic nitrogens is 3. The molecule has 57 heavy (non-hydrogen) atoms. The summed E-state index contributed by atoms with van der Waals surface area (Å²) in [6.45, 7) is 0. The number of hydrogen-bond acceptors (Lipinski definition) is 4. The van der Waals surface area contributed by atoms with Crippen LogP contribution in [0.1, 0.15) is 0 Å². The number of benzene rings is 9. The molecule has 0 bridgehead atoms. The molecule has 4 heterocycles. The zero-order valence-electron chi connectivity index (χ0n) is 30.4. The average Bonchev–Trinajstić information content (AvgIpc) is 3.97. The van der Waals surface area contributed by atoms with Crippen molar-refractivity contribution in [2.24, 2.45) is 0 Å². The summed E-state index contributed by atoms with van der Waals surface area (Å²) in [5.74, 6) is 0.666. The minimum Gasteiger partial charge on any atom is -0.277 e. The monoisotopic (exact) mass is 759 g/mol. The fourth-order valence-electron chi connectivity index (χ4n) is 9.39. The molecule has 0 saturated carbocycles. The van der Waals surface area contributed by atoms with E-state index in [2.05, 4.69) is 180 Å². The second kappa shape index (κ2) is 11.8. The van der Waals surface area contributed by atoms with Crippen LogP contribution in [0.15, 0.2) is 176 Å². The number of fused-ring (bicyclic) bond motifs is 16. The van der Waals surface area contributed by atoms with E-state index >= 15 is 0 Å². The van der Waals surface area contributed by atoms with Gasteiger partial charge in [-0.05, 0) is 52.2 Å². The molecule has 13 aromatic rings. The van der Waals surface area contributed by atoms with Gasteiger partial charge in [-0.3, -0.25) is 4.57 Å². The molecular weight excluding hydrogens is 731 g/mol. The summed E-state index contributed by atoms with van der Waals surface area (Å²) in [7, 11) is 0. The van der Waals surface area contributed by atoms with Crippen LogP contribution < -0.4 is 0 Å². The van der Waals surface area contributed by atoms with Crippen LogP contribution >= 0.6 is 22.7 Å². The van der Waals surface area contributed by atoms with E-state index in [9.17, 15) is 0 Å². The summed E-state index contributed by atoms with van der Waals surface area (Å²) in [6.07, 6.45) is 0. The molecule has 0 saturated heterocycles. The first kappa shape index (κ1) is 31.3. The van der Waals surface area contributed by atoms with Crippen molar-refractivity contribution in [3.8, 4) is 28.3 Å². The minimum absolute atomic E-state index is 0.666. The van der Waals surface area contributed by atoms with Gasteiger partial charge in [-0.2, -0.15) is 0 Å². The third-order valence-electron chi connectivity index (χ3n) is 11.8. The van der Waals surface area contributed by atoms with Gasteiger partial charge in [0, 0.05) is 72.8 Å². The Morgan fingerprint density at radius 3 is 1.84 bits per heavy atom. The van der Waals surface area contributed by atoms with Gasteiger partial charge < -0.3 is 0 Å². The lowest BCUT2D eigenvalue weighted by molar-refractivity contribution is 1.02. The number of nitrogens with zero attached hydrogens (tertiary/aromatic N) is 3. The summed E-state index contributed by atoms with van der Waals surface area (Å²) in [6, 6.07) is 63.8. The Balaban J connectivity index is 1.26. The Bertz CT molecular complexity index is 3820. The molecule has 5 heteroatoms. The standard InChI is InChI=1S/C52H29N3S2/c1-2-15-30(16-3-1)39-29-40-45(32-18-4-5-19-34(32)51-47(40)37-22-9-13-28-44(37)57-51)49-46(39)36-21-7-11-26-42(36)55(49)52-53-41-25-10-6-20-35(41)48(54-52)38-24-14-23-33-31-17-8-12-27-43(31)56-50(33)38/h1-29H. The maximum Gasteiger partial charge on any atom is 0.235 e. The number of rotatable bonds is 3. The lowest BCUT2D eigenvalue weighted by atomic mass is 9.90. The number of thiophene rings is 2. The molecule has 0 aliphatic carbocycles. The SMILES string of the molecule is c1ccc(-c2cc3c4c5ccccc5sc4c4ccccc4c3c3c2c2ccccc2n3-c2nc(-c3cccc4c3sc3ccccc34)c3ccccc3n2)cc1. The van der Waals surface area contributed by atoms with Crippen molar-refractivity contribution in [3.63, 3.8) is 0 Å². The van der Waals surface area contributed by atoms with Crippen LogP contribution in [0, 0.1) is 0 Å². The van der Waals surface area contributed by atoms with Crippen LogP contribution in [0.5, 0.6) is 0 Å². The zero-order valence-corrected chi connectivity index (χ0v) is 32.0. The van der Waals surface area contributed by atoms with Crippen LogP contribution in [-0.2, 0) is 0 Å².